The molecule has 1 N–H and O–H groups in total. The van der Waals surface area contributed by atoms with Crippen molar-refractivity contribution in [2.24, 2.45) is 0 Å². The van der Waals surface area contributed by atoms with E-state index in [9.17, 15) is 0 Å². The maximum absolute atomic E-state index is 4.20. The molecule has 0 bridgehead atoms. The zero-order valence-corrected chi connectivity index (χ0v) is 30.3. The summed E-state index contributed by atoms with van der Waals surface area (Å²) in [4.78, 5) is 2.90. The van der Waals surface area contributed by atoms with Gasteiger partial charge in [-0.2, -0.15) is 0 Å². The quantitative estimate of drug-likeness (QED) is 0.0589. The van der Waals surface area contributed by atoms with Crippen molar-refractivity contribution in [3.8, 4) is 0 Å². The molecule has 0 aliphatic rings. The van der Waals surface area contributed by atoms with Gasteiger partial charge in [0.1, 0.15) is 31.8 Å². The fraction of sp³-hybridized carbons (Fsp3) is 0. The molecule has 6 aromatic carbocycles. The van der Waals surface area contributed by atoms with Gasteiger partial charge in [-0.1, -0.05) is 115 Å². The van der Waals surface area contributed by atoms with Gasteiger partial charge in [0, 0.05) is 12.3 Å². The molecule has 7 aromatic rings. The van der Waals surface area contributed by atoms with Crippen LogP contribution in [0.25, 0.3) is 0 Å². The summed E-state index contributed by atoms with van der Waals surface area (Å²) in [6.07, 6.45) is 1.84. The molecule has 6 heteroatoms. The summed E-state index contributed by atoms with van der Waals surface area (Å²) in [7, 11) is 2.45. The Morgan fingerprint density at radius 2 is 0.553 bits per heavy atom. The van der Waals surface area contributed by atoms with Crippen LogP contribution in [0.1, 0.15) is 0 Å². The maximum atomic E-state index is 4.20. The van der Waals surface area contributed by atoms with Gasteiger partial charge in [0.2, 0.25) is 0 Å². The average molecular weight is 738 g/mol. The number of halogens is 1. The van der Waals surface area contributed by atoms with Crippen LogP contribution in [0.4, 0.5) is 0 Å². The minimum Gasteiger partial charge on any atom is -0.315 e. The first kappa shape index (κ1) is 36.2. The van der Waals surface area contributed by atoms with Gasteiger partial charge in [-0.25, -0.2) is 0 Å². The van der Waals surface area contributed by atoms with Crippen LogP contribution in [0.2, 0.25) is 0 Å². The second-order valence-electron chi connectivity index (χ2n) is 10.2. The number of aromatic amines is 1. The summed E-state index contributed by atoms with van der Waals surface area (Å²) >= 11 is 7.69. The second kappa shape index (κ2) is 21.3. The van der Waals surface area contributed by atoms with Gasteiger partial charge in [-0.3, -0.25) is 0 Å². The SMILES string of the molecule is [Cl][Cu].[SH+]=c1cccc[nH]1.c1ccc([PH+](c2ccccc2)c2ccccc2)cc1.c1ccc([PH+](c2ccccc2)c2ccccc2)cc1. The van der Waals surface area contributed by atoms with E-state index in [1.165, 1.54) is 31.8 Å². The fourth-order valence-electron chi connectivity index (χ4n) is 5.01. The van der Waals surface area contributed by atoms with Gasteiger partial charge in [0.05, 0.1) is 15.8 Å². The van der Waals surface area contributed by atoms with Crippen molar-refractivity contribution in [1.82, 2.24) is 4.98 Å². The number of aromatic nitrogens is 1. The van der Waals surface area contributed by atoms with Gasteiger partial charge in [0.15, 0.2) is 12.2 Å². The molecule has 0 amide bonds. The third kappa shape index (κ3) is 11.8. The standard InChI is InChI=1S/2C18H15P.C5H5NS.ClH.Cu/c2*1-4-10-16(11-5-1)19(17-12-6-2-7-13-17)18-14-8-3-9-15-18;7-5-3-1-2-4-6-5;;/h2*1-15H;1-4H,(H,6,7);1H;/q;;;;+1/p+2. The van der Waals surface area contributed by atoms with Crippen LogP contribution < -0.4 is 31.8 Å². The monoisotopic (exact) mass is 736 g/mol. The molecule has 0 saturated carbocycles. The molecule has 0 aliphatic carbocycles. The van der Waals surface area contributed by atoms with Crippen molar-refractivity contribution in [1.29, 1.82) is 0 Å². The maximum Gasteiger partial charge on any atom is 0.292 e. The number of H-pyrrole nitrogens is 1. The Hall–Kier alpha value is -3.64. The number of benzene rings is 6. The van der Waals surface area contributed by atoms with E-state index >= 15 is 0 Å². The molecule has 1 nitrogen and oxygen atoms in total. The summed E-state index contributed by atoms with van der Waals surface area (Å²) in [5.74, 6) is 0. The first-order valence-corrected chi connectivity index (χ1v) is 19.9. The summed E-state index contributed by atoms with van der Waals surface area (Å²) in [6.45, 7) is 0. The van der Waals surface area contributed by atoms with Crippen molar-refractivity contribution < 1.29 is 15.1 Å². The van der Waals surface area contributed by atoms with Crippen LogP contribution in [-0.4, -0.2) is 4.98 Å². The van der Waals surface area contributed by atoms with E-state index in [4.69, 9.17) is 0 Å². The van der Waals surface area contributed by atoms with Crippen LogP contribution in [0, 0.1) is 4.64 Å². The van der Waals surface area contributed by atoms with E-state index in [2.05, 4.69) is 224 Å². The Balaban J connectivity index is 0.000000170. The van der Waals surface area contributed by atoms with E-state index in [1.807, 2.05) is 24.4 Å². The van der Waals surface area contributed by atoms with Crippen molar-refractivity contribution in [2.75, 3.05) is 0 Å². The predicted molar refractivity (Wildman–Crippen MR) is 212 cm³/mol. The Labute approximate surface area is 299 Å². The van der Waals surface area contributed by atoms with Crippen LogP contribution in [-0.2, 0) is 27.3 Å². The molecule has 0 aliphatic heterocycles. The van der Waals surface area contributed by atoms with Crippen molar-refractivity contribution in [2.45, 2.75) is 0 Å². The number of hydrogen-bond acceptors (Lipinski definition) is 0. The number of pyridine rings is 1. The zero-order chi connectivity index (χ0) is 32.9. The molecule has 1 heterocycles. The molecule has 7 rings (SSSR count). The molecule has 0 fully saturated rings. The van der Waals surface area contributed by atoms with Crippen LogP contribution in [0.15, 0.2) is 206 Å². The van der Waals surface area contributed by atoms with Crippen molar-refractivity contribution in [3.63, 3.8) is 0 Å². The topological polar surface area (TPSA) is 15.8 Å². The molecular weight excluding hydrogens is 699 g/mol. The summed E-state index contributed by atoms with van der Waals surface area (Å²) in [6, 6.07) is 70.7. The normalized spacial score (nSPS) is 9.98. The Bertz CT molecular complexity index is 1540. The van der Waals surface area contributed by atoms with Gasteiger partial charge in [-0.15, -0.1) is 0 Å². The molecule has 0 radical (unpaired) electrons. The molecule has 238 valence electrons. The Kier molecular flexibility index (Phi) is 16.4. The molecule has 0 spiro atoms. The first-order valence-electron chi connectivity index (χ1n) is 15.1. The van der Waals surface area contributed by atoms with Crippen LogP contribution in [0.5, 0.6) is 0 Å². The second-order valence-corrected chi connectivity index (χ2v) is 15.6. The minimum absolute atomic E-state index is 0.877. The first-order chi connectivity index (χ1) is 23.3. The van der Waals surface area contributed by atoms with E-state index < -0.39 is 15.8 Å². The van der Waals surface area contributed by atoms with Gasteiger partial charge < -0.3 is 4.98 Å². The predicted octanol–water partition coefficient (Wildman–Crippen LogP) is 7.87. The summed E-state index contributed by atoms with van der Waals surface area (Å²) in [5, 5.41) is 8.61. The molecule has 47 heavy (non-hydrogen) atoms. The van der Waals surface area contributed by atoms with Gasteiger partial charge >= 0.3 is 25.2 Å². The third-order valence-electron chi connectivity index (χ3n) is 7.07. The molecular formula is C41H38ClCuNP2S+3. The Morgan fingerprint density at radius 1 is 0.340 bits per heavy atom. The smallest absolute Gasteiger partial charge is 0.292 e. The van der Waals surface area contributed by atoms with E-state index in [-0.39, 0.29) is 0 Å². The van der Waals surface area contributed by atoms with E-state index in [0.717, 1.165) is 4.64 Å². The molecule has 1 aromatic heterocycles. The Morgan fingerprint density at radius 3 is 0.702 bits per heavy atom. The number of thiol groups is 1. The van der Waals surface area contributed by atoms with Crippen molar-refractivity contribution >= 4 is 70.0 Å². The molecule has 0 saturated heterocycles. The zero-order valence-electron chi connectivity index (χ0n) is 25.8. The van der Waals surface area contributed by atoms with Crippen LogP contribution >= 0.6 is 25.9 Å². The summed E-state index contributed by atoms with van der Waals surface area (Å²) < 4.78 is 0.891. The van der Waals surface area contributed by atoms with E-state index in [0.29, 0.717) is 0 Å². The minimum atomic E-state index is -0.877. The largest absolute Gasteiger partial charge is 0.315 e. The van der Waals surface area contributed by atoms with E-state index in [1.54, 1.807) is 0 Å². The van der Waals surface area contributed by atoms with Crippen molar-refractivity contribution in [3.05, 3.63) is 211 Å². The third-order valence-corrected chi connectivity index (χ3v) is 12.8. The summed E-state index contributed by atoms with van der Waals surface area (Å²) in [5.41, 5.74) is 0. The fourth-order valence-corrected chi connectivity index (χ4v) is 10.3. The number of nitrogens with one attached hydrogen (secondary N) is 1. The van der Waals surface area contributed by atoms with Crippen LogP contribution in [0.3, 0.4) is 0 Å². The van der Waals surface area contributed by atoms with Gasteiger partial charge in [-0.05, 0) is 78.9 Å². The molecule has 0 atom stereocenters. The van der Waals surface area contributed by atoms with Gasteiger partial charge in [0.25, 0.3) is 4.64 Å². The molecule has 0 unspecified atom stereocenters. The number of hydrogen-bond donors (Lipinski definition) is 1. The average Bonchev–Trinajstić information content (AvgIpc) is 3.16. The number of rotatable bonds is 6.